The van der Waals surface area contributed by atoms with Crippen molar-refractivity contribution < 1.29 is 18.3 Å². The number of hydrogen-bond acceptors (Lipinski definition) is 4. The van der Waals surface area contributed by atoms with Crippen LogP contribution in [0.25, 0.3) is 5.57 Å². The number of dihydropyridines is 1. The topological polar surface area (TPSA) is 71.5 Å². The molecule has 4 nitrogen and oxygen atoms in total. The van der Waals surface area contributed by atoms with Gasteiger partial charge in [0.2, 0.25) is 0 Å². The van der Waals surface area contributed by atoms with Crippen molar-refractivity contribution in [2.45, 2.75) is 76.7 Å². The van der Waals surface area contributed by atoms with Gasteiger partial charge < -0.3 is 10.8 Å². The van der Waals surface area contributed by atoms with E-state index in [0.717, 1.165) is 12.5 Å². The third kappa shape index (κ3) is 6.43. The second-order valence-electron chi connectivity index (χ2n) is 8.41. The van der Waals surface area contributed by atoms with E-state index < -0.39 is 23.5 Å². The van der Waals surface area contributed by atoms with E-state index in [0.29, 0.717) is 36.1 Å². The van der Waals surface area contributed by atoms with Crippen molar-refractivity contribution in [3.63, 3.8) is 0 Å². The minimum absolute atomic E-state index is 0.351. The van der Waals surface area contributed by atoms with Crippen molar-refractivity contribution in [1.82, 2.24) is 4.98 Å². The molecule has 1 unspecified atom stereocenters. The molecule has 0 saturated heterocycles. The average Bonchev–Trinajstić information content (AvgIpc) is 2.52. The molecule has 3 N–H and O–H groups in total. The van der Waals surface area contributed by atoms with Crippen LogP contribution in [0.3, 0.4) is 0 Å². The lowest BCUT2D eigenvalue weighted by molar-refractivity contribution is -0.0582. The molecule has 1 aliphatic rings. The van der Waals surface area contributed by atoms with Crippen molar-refractivity contribution in [2.24, 2.45) is 10.7 Å². The van der Waals surface area contributed by atoms with Crippen LogP contribution in [0.1, 0.15) is 64.6 Å². The molecule has 7 heteroatoms. The number of alkyl halides is 3. The summed E-state index contributed by atoms with van der Waals surface area (Å²) < 4.78 is 40.0. The normalized spacial score (nSPS) is 18.9. The van der Waals surface area contributed by atoms with E-state index >= 15 is 0 Å². The molecule has 2 rings (SSSR count). The van der Waals surface area contributed by atoms with Gasteiger partial charge in [0.25, 0.3) is 0 Å². The van der Waals surface area contributed by atoms with Crippen molar-refractivity contribution in [2.75, 3.05) is 0 Å². The van der Waals surface area contributed by atoms with Crippen molar-refractivity contribution in [1.29, 1.82) is 0 Å². The summed E-state index contributed by atoms with van der Waals surface area (Å²) in [6.45, 7) is 6.99. The number of rotatable bonds is 6. The van der Waals surface area contributed by atoms with E-state index in [2.05, 4.69) is 9.98 Å². The van der Waals surface area contributed by atoms with Gasteiger partial charge in [0, 0.05) is 11.7 Å². The first kappa shape index (κ1) is 21.6. The van der Waals surface area contributed by atoms with E-state index in [1.165, 1.54) is 6.20 Å². The maximum atomic E-state index is 13.3. The third-order valence-corrected chi connectivity index (χ3v) is 4.49. The number of pyridine rings is 1. The molecule has 2 heterocycles. The number of aliphatic imine (C=N–C) groups is 1. The van der Waals surface area contributed by atoms with Crippen molar-refractivity contribution >= 4 is 11.3 Å². The lowest BCUT2D eigenvalue weighted by atomic mass is 9.89. The second kappa shape index (κ2) is 7.72. The SMILES string of the molecule is CC(C)(N)CCCC1CC(c2ccnc(C(C)(C)O)c2)=CC(C(F)(F)F)=N1. The minimum Gasteiger partial charge on any atom is -0.384 e. The second-order valence-corrected chi connectivity index (χ2v) is 8.41. The fourth-order valence-electron chi connectivity index (χ4n) is 3.04. The van der Waals surface area contributed by atoms with Gasteiger partial charge in [0.15, 0.2) is 0 Å². The molecule has 1 aromatic rings. The zero-order valence-corrected chi connectivity index (χ0v) is 16.3. The van der Waals surface area contributed by atoms with Gasteiger partial charge in [0.05, 0.1) is 11.7 Å². The van der Waals surface area contributed by atoms with E-state index in [-0.39, 0.29) is 5.54 Å². The Morgan fingerprint density at radius 3 is 2.44 bits per heavy atom. The number of nitrogens with zero attached hydrogens (tertiary/aromatic N) is 2. The van der Waals surface area contributed by atoms with Crippen LogP contribution in [0.15, 0.2) is 29.4 Å². The van der Waals surface area contributed by atoms with Crippen molar-refractivity contribution in [3.05, 3.63) is 35.7 Å². The summed E-state index contributed by atoms with van der Waals surface area (Å²) in [5.41, 5.74) is 5.19. The monoisotopic (exact) mass is 383 g/mol. The first-order chi connectivity index (χ1) is 12.3. The fraction of sp³-hybridized carbons (Fsp3) is 0.600. The molecule has 0 spiro atoms. The Morgan fingerprint density at radius 1 is 1.22 bits per heavy atom. The summed E-state index contributed by atoms with van der Waals surface area (Å²) in [5.74, 6) is 0. The van der Waals surface area contributed by atoms with Crippen LogP contribution in [-0.4, -0.2) is 33.6 Å². The molecule has 0 saturated carbocycles. The maximum absolute atomic E-state index is 13.3. The zero-order chi connectivity index (χ0) is 20.5. The van der Waals surface area contributed by atoms with Gasteiger partial charge in [-0.3, -0.25) is 9.98 Å². The van der Waals surface area contributed by atoms with E-state index in [4.69, 9.17) is 5.73 Å². The molecule has 1 aromatic heterocycles. The summed E-state index contributed by atoms with van der Waals surface area (Å²) in [6, 6.07) is 2.87. The summed E-state index contributed by atoms with van der Waals surface area (Å²) in [7, 11) is 0. The summed E-state index contributed by atoms with van der Waals surface area (Å²) in [4.78, 5) is 8.05. The molecule has 27 heavy (non-hydrogen) atoms. The van der Waals surface area contributed by atoms with Gasteiger partial charge in [-0.25, -0.2) is 0 Å². The molecule has 0 amide bonds. The van der Waals surface area contributed by atoms with Gasteiger partial charge in [-0.1, -0.05) is 0 Å². The molecule has 0 bridgehead atoms. The fourth-order valence-corrected chi connectivity index (χ4v) is 3.04. The van der Waals surface area contributed by atoms with E-state index in [1.54, 1.807) is 26.0 Å². The standard InChI is InChI=1S/C20H28F3N3O/c1-18(2,24)8-5-6-15-10-14(12-17(26-15)20(21,22)23)13-7-9-25-16(11-13)19(3,4)27/h7,9,11-12,15,27H,5-6,8,10,24H2,1-4H3. The van der Waals surface area contributed by atoms with E-state index in [1.807, 2.05) is 13.8 Å². The van der Waals surface area contributed by atoms with Gasteiger partial charge in [-0.2, -0.15) is 13.2 Å². The van der Waals surface area contributed by atoms with Gasteiger partial charge >= 0.3 is 6.18 Å². The molecule has 0 aromatic carbocycles. The largest absolute Gasteiger partial charge is 0.432 e. The van der Waals surface area contributed by atoms with Crippen LogP contribution in [0.4, 0.5) is 13.2 Å². The van der Waals surface area contributed by atoms with E-state index in [9.17, 15) is 18.3 Å². The highest BCUT2D eigenvalue weighted by molar-refractivity contribution is 6.05. The van der Waals surface area contributed by atoms with Crippen LogP contribution >= 0.6 is 0 Å². The molecule has 1 aliphatic heterocycles. The predicted octanol–water partition coefficient (Wildman–Crippen LogP) is 4.38. The number of aromatic nitrogens is 1. The van der Waals surface area contributed by atoms with Crippen LogP contribution in [0, 0.1) is 0 Å². The lowest BCUT2D eigenvalue weighted by Crippen LogP contribution is -2.32. The summed E-state index contributed by atoms with van der Waals surface area (Å²) in [5, 5.41) is 10.1. The van der Waals surface area contributed by atoms with Gasteiger partial charge in [0.1, 0.15) is 11.3 Å². The summed E-state index contributed by atoms with van der Waals surface area (Å²) >= 11 is 0. The first-order valence-electron chi connectivity index (χ1n) is 9.09. The number of nitrogens with two attached hydrogens (primary N) is 1. The number of hydrogen-bond donors (Lipinski definition) is 2. The molecule has 0 aliphatic carbocycles. The van der Waals surface area contributed by atoms with Crippen molar-refractivity contribution in [3.8, 4) is 0 Å². The van der Waals surface area contributed by atoms with Crippen LogP contribution in [0.2, 0.25) is 0 Å². The molecule has 0 fully saturated rings. The Balaban J connectivity index is 2.28. The molecule has 150 valence electrons. The zero-order valence-electron chi connectivity index (χ0n) is 16.3. The molecule has 0 radical (unpaired) electrons. The Labute approximate surface area is 158 Å². The minimum atomic E-state index is -4.50. The quantitative estimate of drug-likeness (QED) is 0.766. The number of allylic oxidation sites excluding steroid dienone is 1. The first-order valence-corrected chi connectivity index (χ1v) is 9.09. The highest BCUT2D eigenvalue weighted by Crippen LogP contribution is 2.33. The maximum Gasteiger partial charge on any atom is 0.432 e. The van der Waals surface area contributed by atoms with Gasteiger partial charge in [-0.05, 0) is 82.7 Å². The highest BCUT2D eigenvalue weighted by Gasteiger charge is 2.37. The predicted molar refractivity (Wildman–Crippen MR) is 101 cm³/mol. The Morgan fingerprint density at radius 2 is 1.89 bits per heavy atom. The molecule has 1 atom stereocenters. The van der Waals surface area contributed by atoms with Crippen LogP contribution in [-0.2, 0) is 5.60 Å². The van der Waals surface area contributed by atoms with Gasteiger partial charge in [-0.15, -0.1) is 0 Å². The highest BCUT2D eigenvalue weighted by atomic mass is 19.4. The van der Waals surface area contributed by atoms with Crippen LogP contribution in [0.5, 0.6) is 0 Å². The third-order valence-electron chi connectivity index (χ3n) is 4.49. The Bertz CT molecular complexity index is 725. The lowest BCUT2D eigenvalue weighted by Gasteiger charge is -2.25. The Hall–Kier alpha value is -1.73. The van der Waals surface area contributed by atoms with Crippen LogP contribution < -0.4 is 5.73 Å². The molecular weight excluding hydrogens is 355 g/mol. The Kier molecular flexibility index (Phi) is 6.16. The summed E-state index contributed by atoms with van der Waals surface area (Å²) in [6.07, 6.45) is 0.504. The smallest absolute Gasteiger partial charge is 0.384 e. The average molecular weight is 383 g/mol. The number of aliphatic hydroxyl groups is 1. The molecular formula is C20H28F3N3O. The number of halogens is 3.